The van der Waals surface area contributed by atoms with Crippen molar-refractivity contribution in [2.24, 2.45) is 0 Å². The van der Waals surface area contributed by atoms with Crippen LogP contribution in [-0.2, 0) is 4.79 Å². The minimum atomic E-state index is -1.07. The van der Waals surface area contributed by atoms with Crippen LogP contribution in [0.4, 0.5) is 4.39 Å². The van der Waals surface area contributed by atoms with E-state index < -0.39 is 11.8 Å². The molecule has 0 radical (unpaired) electrons. The molecule has 0 bridgehead atoms. The van der Waals surface area contributed by atoms with Crippen LogP contribution in [0.3, 0.4) is 0 Å². The van der Waals surface area contributed by atoms with Gasteiger partial charge in [0.1, 0.15) is 5.75 Å². The summed E-state index contributed by atoms with van der Waals surface area (Å²) < 4.78 is 23.9. The van der Waals surface area contributed by atoms with Gasteiger partial charge >= 0.3 is 5.97 Å². The van der Waals surface area contributed by atoms with Crippen LogP contribution in [0.15, 0.2) is 42.5 Å². The van der Waals surface area contributed by atoms with E-state index >= 15 is 0 Å². The molecule has 2 aromatic carbocycles. The minimum Gasteiger partial charge on any atom is -0.494 e. The highest BCUT2D eigenvalue weighted by Gasteiger charge is 2.12. The van der Waals surface area contributed by atoms with Gasteiger partial charge in [-0.15, -0.1) is 0 Å². The molecule has 126 valence electrons. The molecule has 24 heavy (non-hydrogen) atoms. The summed E-state index contributed by atoms with van der Waals surface area (Å²) in [7, 11) is 1.36. The van der Waals surface area contributed by atoms with Crippen LogP contribution in [0.2, 0.25) is 0 Å². The zero-order valence-corrected chi connectivity index (χ0v) is 13.7. The van der Waals surface area contributed by atoms with Crippen LogP contribution in [-0.4, -0.2) is 24.3 Å². The second kappa shape index (κ2) is 7.64. The number of methoxy groups -OCH3 is 1. The van der Waals surface area contributed by atoms with Crippen molar-refractivity contribution in [1.29, 1.82) is 0 Å². The van der Waals surface area contributed by atoms with Crippen molar-refractivity contribution in [2.75, 3.05) is 7.11 Å². The Balaban J connectivity index is 2.37. The SMILES string of the molecule is COc1cc(C=C(C(=O)O)c2ccc(OC(C)C)cc2)ccc1F. The summed E-state index contributed by atoms with van der Waals surface area (Å²) in [6.07, 6.45) is 1.51. The molecule has 2 rings (SSSR count). The van der Waals surface area contributed by atoms with E-state index in [1.165, 1.54) is 31.4 Å². The number of hydrogen-bond acceptors (Lipinski definition) is 3. The number of aliphatic carboxylic acids is 1. The number of halogens is 1. The molecule has 0 aromatic heterocycles. The van der Waals surface area contributed by atoms with Gasteiger partial charge in [-0.05, 0) is 55.3 Å². The molecule has 0 amide bonds. The van der Waals surface area contributed by atoms with E-state index in [1.807, 2.05) is 13.8 Å². The molecule has 0 saturated carbocycles. The van der Waals surface area contributed by atoms with Gasteiger partial charge in [0.2, 0.25) is 0 Å². The smallest absolute Gasteiger partial charge is 0.336 e. The summed E-state index contributed by atoms with van der Waals surface area (Å²) in [6.45, 7) is 3.83. The lowest BCUT2D eigenvalue weighted by atomic mass is 10.0. The van der Waals surface area contributed by atoms with Crippen LogP contribution in [0.1, 0.15) is 25.0 Å². The van der Waals surface area contributed by atoms with Crippen molar-refractivity contribution >= 4 is 17.6 Å². The Bertz CT molecular complexity index is 748. The maximum absolute atomic E-state index is 13.5. The van der Waals surface area contributed by atoms with E-state index in [0.717, 1.165) is 0 Å². The molecule has 0 aliphatic heterocycles. The molecule has 0 aliphatic rings. The van der Waals surface area contributed by atoms with Crippen molar-refractivity contribution in [2.45, 2.75) is 20.0 Å². The Labute approximate surface area is 140 Å². The molecule has 1 N–H and O–H groups in total. The first-order valence-corrected chi connectivity index (χ1v) is 7.46. The molecule has 0 atom stereocenters. The molecule has 2 aromatic rings. The van der Waals surface area contributed by atoms with Crippen molar-refractivity contribution in [1.82, 2.24) is 0 Å². The number of benzene rings is 2. The fraction of sp³-hybridized carbons (Fsp3) is 0.211. The molecular weight excluding hydrogens is 311 g/mol. The second-order valence-electron chi connectivity index (χ2n) is 5.45. The van der Waals surface area contributed by atoms with Crippen molar-refractivity contribution in [3.8, 4) is 11.5 Å². The van der Waals surface area contributed by atoms with Crippen molar-refractivity contribution < 1.29 is 23.8 Å². The first kappa shape index (κ1) is 17.5. The molecule has 0 aliphatic carbocycles. The van der Waals surface area contributed by atoms with Gasteiger partial charge in [-0.3, -0.25) is 0 Å². The standard InChI is InChI=1S/C19H19FO4/c1-12(2)24-15-7-5-14(6-8-15)16(19(21)22)10-13-4-9-17(20)18(11-13)23-3/h4-12H,1-3H3,(H,21,22). The first-order valence-electron chi connectivity index (χ1n) is 7.46. The van der Waals surface area contributed by atoms with E-state index in [2.05, 4.69) is 0 Å². The Morgan fingerprint density at radius 3 is 2.38 bits per heavy atom. The Hall–Kier alpha value is -2.82. The van der Waals surface area contributed by atoms with Gasteiger partial charge in [0.15, 0.2) is 11.6 Å². The van der Waals surface area contributed by atoms with Crippen molar-refractivity contribution in [3.63, 3.8) is 0 Å². The van der Waals surface area contributed by atoms with Gasteiger partial charge in [-0.25, -0.2) is 9.18 Å². The summed E-state index contributed by atoms with van der Waals surface area (Å²) in [5.74, 6) is -0.839. The summed E-state index contributed by atoms with van der Waals surface area (Å²) in [5.41, 5.74) is 1.16. The lowest BCUT2D eigenvalue weighted by molar-refractivity contribution is -0.130. The highest BCUT2D eigenvalue weighted by molar-refractivity contribution is 6.20. The third-order valence-electron chi connectivity index (χ3n) is 3.25. The summed E-state index contributed by atoms with van der Waals surface area (Å²) in [6, 6.07) is 11.0. The molecule has 4 nitrogen and oxygen atoms in total. The fourth-order valence-corrected chi connectivity index (χ4v) is 2.19. The predicted octanol–water partition coefficient (Wildman–Crippen LogP) is 4.25. The highest BCUT2D eigenvalue weighted by Crippen LogP contribution is 2.25. The Morgan fingerprint density at radius 1 is 1.17 bits per heavy atom. The number of carboxylic acids is 1. The number of ether oxygens (including phenoxy) is 2. The van der Waals surface area contributed by atoms with E-state index in [9.17, 15) is 14.3 Å². The third-order valence-corrected chi connectivity index (χ3v) is 3.25. The molecule has 0 saturated heterocycles. The Kier molecular flexibility index (Phi) is 5.58. The van der Waals surface area contributed by atoms with E-state index in [-0.39, 0.29) is 17.4 Å². The van der Waals surface area contributed by atoms with E-state index in [1.54, 1.807) is 24.3 Å². The zero-order valence-electron chi connectivity index (χ0n) is 13.7. The topological polar surface area (TPSA) is 55.8 Å². The van der Waals surface area contributed by atoms with Crippen molar-refractivity contribution in [3.05, 3.63) is 59.4 Å². The summed E-state index contributed by atoms with van der Waals surface area (Å²) >= 11 is 0. The number of rotatable bonds is 6. The average molecular weight is 330 g/mol. The van der Waals surface area contributed by atoms with E-state index in [4.69, 9.17) is 9.47 Å². The average Bonchev–Trinajstić information content (AvgIpc) is 2.54. The quantitative estimate of drug-likeness (QED) is 0.635. The Morgan fingerprint density at radius 2 is 1.83 bits per heavy atom. The fourth-order valence-electron chi connectivity index (χ4n) is 2.19. The molecule has 0 heterocycles. The molecule has 0 unspecified atom stereocenters. The maximum atomic E-state index is 13.5. The van der Waals surface area contributed by atoms with Gasteiger partial charge < -0.3 is 14.6 Å². The number of carbonyl (C=O) groups is 1. The van der Waals surface area contributed by atoms with Crippen LogP contribution in [0.25, 0.3) is 11.6 Å². The van der Waals surface area contributed by atoms with E-state index in [0.29, 0.717) is 16.9 Å². The van der Waals surface area contributed by atoms with Gasteiger partial charge in [-0.2, -0.15) is 0 Å². The first-order chi connectivity index (χ1) is 11.4. The second-order valence-corrected chi connectivity index (χ2v) is 5.45. The predicted molar refractivity (Wildman–Crippen MR) is 90.7 cm³/mol. The molecular formula is C19H19FO4. The lowest BCUT2D eigenvalue weighted by Crippen LogP contribution is -2.05. The normalized spacial score (nSPS) is 11.5. The van der Waals surface area contributed by atoms with Gasteiger partial charge in [-0.1, -0.05) is 18.2 Å². The molecule has 0 spiro atoms. The van der Waals surface area contributed by atoms with Crippen LogP contribution >= 0.6 is 0 Å². The summed E-state index contributed by atoms with van der Waals surface area (Å²) in [4.78, 5) is 11.6. The molecule has 0 fully saturated rings. The zero-order chi connectivity index (χ0) is 17.7. The van der Waals surface area contributed by atoms with Gasteiger partial charge in [0, 0.05) is 0 Å². The van der Waals surface area contributed by atoms with Crippen LogP contribution in [0, 0.1) is 5.82 Å². The minimum absolute atomic E-state index is 0.0389. The molecule has 5 heteroatoms. The highest BCUT2D eigenvalue weighted by atomic mass is 19.1. The maximum Gasteiger partial charge on any atom is 0.336 e. The third kappa shape index (κ3) is 4.35. The monoisotopic (exact) mass is 330 g/mol. The van der Waals surface area contributed by atoms with Gasteiger partial charge in [0.25, 0.3) is 0 Å². The largest absolute Gasteiger partial charge is 0.494 e. The van der Waals surface area contributed by atoms with Gasteiger partial charge in [0.05, 0.1) is 18.8 Å². The number of carboxylic acid groups (broad SMARTS) is 1. The lowest BCUT2D eigenvalue weighted by Gasteiger charge is -2.10. The number of hydrogen-bond donors (Lipinski definition) is 1. The summed E-state index contributed by atoms with van der Waals surface area (Å²) in [5, 5.41) is 9.48. The van der Waals surface area contributed by atoms with Crippen LogP contribution in [0.5, 0.6) is 11.5 Å². The van der Waals surface area contributed by atoms with Crippen LogP contribution < -0.4 is 9.47 Å².